The Morgan fingerprint density at radius 1 is 1.16 bits per heavy atom. The minimum atomic E-state index is 0.0467. The Bertz CT molecular complexity index is 738. The molecular weight excluding hydrogens is 328 g/mol. The summed E-state index contributed by atoms with van der Waals surface area (Å²) in [5.41, 5.74) is 4.53. The van der Waals surface area contributed by atoms with Gasteiger partial charge in [0.2, 0.25) is 0 Å². The largest absolute Gasteiger partial charge is 0.349 e. The molecule has 1 saturated heterocycles. The number of hydrogen-bond acceptors (Lipinski definition) is 3. The standard InChI is InChI=1S/C21H26N2OS/c1-15-6-7-16(2)20(12-15)25-14-17-4-3-5-18(13-17)21(24)23-19-8-10-22-11-9-19/h3-7,12-13,19,22H,8-11,14H2,1-2H3,(H,23,24). The lowest BCUT2D eigenvalue weighted by Gasteiger charge is -2.23. The predicted molar refractivity (Wildman–Crippen MR) is 105 cm³/mol. The van der Waals surface area contributed by atoms with Gasteiger partial charge in [-0.15, -0.1) is 11.8 Å². The van der Waals surface area contributed by atoms with Crippen molar-refractivity contribution in [3.8, 4) is 0 Å². The molecule has 1 fully saturated rings. The predicted octanol–water partition coefficient (Wildman–Crippen LogP) is 4.08. The Morgan fingerprint density at radius 3 is 2.76 bits per heavy atom. The molecule has 2 aromatic carbocycles. The van der Waals surface area contributed by atoms with Crippen LogP contribution in [-0.4, -0.2) is 25.0 Å². The highest BCUT2D eigenvalue weighted by molar-refractivity contribution is 7.98. The molecule has 132 valence electrons. The molecule has 0 atom stereocenters. The fraction of sp³-hybridized carbons (Fsp3) is 0.381. The van der Waals surface area contributed by atoms with Crippen molar-refractivity contribution in [3.05, 3.63) is 64.7 Å². The number of carbonyl (C=O) groups is 1. The molecule has 3 rings (SSSR count). The zero-order chi connectivity index (χ0) is 17.6. The molecule has 0 radical (unpaired) electrons. The lowest BCUT2D eigenvalue weighted by atomic mass is 10.1. The van der Waals surface area contributed by atoms with E-state index in [1.54, 1.807) is 0 Å². The highest BCUT2D eigenvalue weighted by Gasteiger charge is 2.16. The van der Waals surface area contributed by atoms with Crippen LogP contribution in [-0.2, 0) is 5.75 Å². The normalized spacial score (nSPS) is 15.1. The number of aryl methyl sites for hydroxylation is 2. The van der Waals surface area contributed by atoms with Gasteiger partial charge in [-0.1, -0.05) is 29.8 Å². The summed E-state index contributed by atoms with van der Waals surface area (Å²) in [6.07, 6.45) is 2.02. The first-order valence-corrected chi connectivity index (χ1v) is 9.91. The van der Waals surface area contributed by atoms with E-state index < -0.39 is 0 Å². The van der Waals surface area contributed by atoms with Crippen LogP contribution < -0.4 is 10.6 Å². The third kappa shape index (κ3) is 5.10. The van der Waals surface area contributed by atoms with Crippen LogP contribution in [0.25, 0.3) is 0 Å². The Morgan fingerprint density at radius 2 is 1.96 bits per heavy atom. The second-order valence-corrected chi connectivity index (χ2v) is 7.77. The summed E-state index contributed by atoms with van der Waals surface area (Å²) in [6.45, 7) is 6.23. The summed E-state index contributed by atoms with van der Waals surface area (Å²) in [6, 6.07) is 14.8. The second-order valence-electron chi connectivity index (χ2n) is 6.76. The zero-order valence-corrected chi connectivity index (χ0v) is 15.8. The Balaban J connectivity index is 1.62. The number of nitrogens with one attached hydrogen (secondary N) is 2. The van der Waals surface area contributed by atoms with Gasteiger partial charge in [0.05, 0.1) is 0 Å². The summed E-state index contributed by atoms with van der Waals surface area (Å²) in [5.74, 6) is 0.921. The first kappa shape index (κ1) is 18.0. The van der Waals surface area contributed by atoms with Gasteiger partial charge in [-0.2, -0.15) is 0 Å². The summed E-state index contributed by atoms with van der Waals surface area (Å²) >= 11 is 1.83. The van der Waals surface area contributed by atoms with Crippen molar-refractivity contribution < 1.29 is 4.79 Å². The van der Waals surface area contributed by atoms with Gasteiger partial charge in [0.1, 0.15) is 0 Å². The van der Waals surface area contributed by atoms with Gasteiger partial charge >= 0.3 is 0 Å². The Labute approximate surface area is 154 Å². The molecule has 1 aliphatic heterocycles. The Kier molecular flexibility index (Phi) is 6.16. The summed E-state index contributed by atoms with van der Waals surface area (Å²) in [5, 5.41) is 6.49. The van der Waals surface area contributed by atoms with Crippen molar-refractivity contribution in [2.45, 2.75) is 43.4 Å². The molecule has 2 N–H and O–H groups in total. The molecule has 2 aromatic rings. The smallest absolute Gasteiger partial charge is 0.251 e. The summed E-state index contributed by atoms with van der Waals surface area (Å²) < 4.78 is 0. The molecule has 0 unspecified atom stereocenters. The average molecular weight is 355 g/mol. The molecule has 1 amide bonds. The van der Waals surface area contributed by atoms with Gasteiger partial charge in [-0.3, -0.25) is 4.79 Å². The second kappa shape index (κ2) is 8.54. The van der Waals surface area contributed by atoms with Gasteiger partial charge in [0.25, 0.3) is 5.91 Å². The van der Waals surface area contributed by atoms with Crippen molar-refractivity contribution in [1.29, 1.82) is 0 Å². The van der Waals surface area contributed by atoms with Crippen LogP contribution >= 0.6 is 11.8 Å². The molecule has 3 nitrogen and oxygen atoms in total. The first-order chi connectivity index (χ1) is 12.1. The van der Waals surface area contributed by atoms with Gasteiger partial charge in [0, 0.05) is 22.3 Å². The number of piperidine rings is 1. The van der Waals surface area contributed by atoms with Gasteiger partial charge in [-0.25, -0.2) is 0 Å². The van der Waals surface area contributed by atoms with Crippen molar-refractivity contribution >= 4 is 17.7 Å². The molecule has 0 bridgehead atoms. The number of rotatable bonds is 5. The van der Waals surface area contributed by atoms with E-state index in [4.69, 9.17) is 0 Å². The minimum absolute atomic E-state index is 0.0467. The van der Waals surface area contributed by atoms with E-state index in [1.807, 2.05) is 30.0 Å². The molecule has 1 aliphatic rings. The quantitative estimate of drug-likeness (QED) is 0.795. The maximum atomic E-state index is 12.5. The van der Waals surface area contributed by atoms with Crippen LogP contribution in [0.2, 0.25) is 0 Å². The fourth-order valence-corrected chi connectivity index (χ4v) is 4.13. The van der Waals surface area contributed by atoms with Crippen molar-refractivity contribution in [3.63, 3.8) is 0 Å². The summed E-state index contributed by atoms with van der Waals surface area (Å²) in [7, 11) is 0. The Hall–Kier alpha value is -1.78. The van der Waals surface area contributed by atoms with Crippen LogP contribution in [0.3, 0.4) is 0 Å². The van der Waals surface area contributed by atoms with Crippen LogP contribution in [0.5, 0.6) is 0 Å². The van der Waals surface area contributed by atoms with Gasteiger partial charge in [0.15, 0.2) is 0 Å². The zero-order valence-electron chi connectivity index (χ0n) is 15.0. The van der Waals surface area contributed by atoms with E-state index in [9.17, 15) is 4.79 Å². The highest BCUT2D eigenvalue weighted by Crippen LogP contribution is 2.27. The molecule has 0 aromatic heterocycles. The number of benzene rings is 2. The molecular formula is C21H26N2OS. The lowest BCUT2D eigenvalue weighted by molar-refractivity contribution is 0.0929. The van der Waals surface area contributed by atoms with E-state index >= 15 is 0 Å². The van der Waals surface area contributed by atoms with Crippen molar-refractivity contribution in [2.24, 2.45) is 0 Å². The number of carbonyl (C=O) groups excluding carboxylic acids is 1. The molecule has 0 spiro atoms. The van der Waals surface area contributed by atoms with Crippen LogP contribution in [0.15, 0.2) is 47.4 Å². The first-order valence-electron chi connectivity index (χ1n) is 8.92. The molecule has 1 heterocycles. The van der Waals surface area contributed by atoms with E-state index in [2.05, 4.69) is 48.7 Å². The molecule has 0 saturated carbocycles. The van der Waals surface area contributed by atoms with Crippen LogP contribution in [0.4, 0.5) is 0 Å². The maximum absolute atomic E-state index is 12.5. The minimum Gasteiger partial charge on any atom is -0.349 e. The van der Waals surface area contributed by atoms with Gasteiger partial charge < -0.3 is 10.6 Å². The van der Waals surface area contributed by atoms with Crippen molar-refractivity contribution in [2.75, 3.05) is 13.1 Å². The average Bonchev–Trinajstić information content (AvgIpc) is 2.63. The van der Waals surface area contributed by atoms with E-state index in [0.29, 0.717) is 6.04 Å². The highest BCUT2D eigenvalue weighted by atomic mass is 32.2. The third-order valence-electron chi connectivity index (χ3n) is 4.60. The molecule has 25 heavy (non-hydrogen) atoms. The maximum Gasteiger partial charge on any atom is 0.251 e. The van der Waals surface area contributed by atoms with Gasteiger partial charge in [-0.05, 0) is 69.1 Å². The molecule has 0 aliphatic carbocycles. The number of hydrogen-bond donors (Lipinski definition) is 2. The SMILES string of the molecule is Cc1ccc(C)c(SCc2cccc(C(=O)NC3CCNCC3)c2)c1. The fourth-order valence-electron chi connectivity index (χ4n) is 3.06. The summed E-state index contributed by atoms with van der Waals surface area (Å²) in [4.78, 5) is 13.8. The van der Waals surface area contributed by atoms with E-state index in [0.717, 1.165) is 37.2 Å². The van der Waals surface area contributed by atoms with E-state index in [-0.39, 0.29) is 5.91 Å². The lowest BCUT2D eigenvalue weighted by Crippen LogP contribution is -2.42. The van der Waals surface area contributed by atoms with E-state index in [1.165, 1.54) is 21.6 Å². The third-order valence-corrected chi connectivity index (χ3v) is 5.83. The van der Waals surface area contributed by atoms with Crippen molar-refractivity contribution in [1.82, 2.24) is 10.6 Å². The number of amides is 1. The number of thioether (sulfide) groups is 1. The van der Waals surface area contributed by atoms with Crippen LogP contribution in [0.1, 0.15) is 39.9 Å². The molecule has 4 heteroatoms. The monoisotopic (exact) mass is 354 g/mol. The topological polar surface area (TPSA) is 41.1 Å². The van der Waals surface area contributed by atoms with Crippen LogP contribution in [0, 0.1) is 13.8 Å².